The molecule has 0 aromatic heterocycles. The van der Waals surface area contributed by atoms with Crippen LogP contribution in [-0.2, 0) is 10.0 Å². The van der Waals surface area contributed by atoms with Crippen molar-refractivity contribution in [2.45, 2.75) is 4.90 Å². The molecule has 0 spiro atoms. The molecule has 5 heteroatoms. The molecule has 0 saturated heterocycles. The predicted octanol–water partition coefficient (Wildman–Crippen LogP) is 0.205. The summed E-state index contributed by atoms with van der Waals surface area (Å²) >= 11 is 0. The minimum Gasteiger partial charge on any atom is -0.241 e. The van der Waals surface area contributed by atoms with E-state index >= 15 is 0 Å². The van der Waals surface area contributed by atoms with Crippen molar-refractivity contribution in [3.63, 3.8) is 0 Å². The lowest BCUT2D eigenvalue weighted by molar-refractivity contribution is 0.582. The van der Waals surface area contributed by atoms with Gasteiger partial charge >= 0.3 is 0 Å². The van der Waals surface area contributed by atoms with Crippen LogP contribution in [0.25, 0.3) is 0 Å². The molecule has 0 saturated carbocycles. The molecule has 2 N–H and O–H groups in total. The molecule has 65 valence electrons. The summed E-state index contributed by atoms with van der Waals surface area (Å²) in [6.07, 6.45) is 0. The molecule has 0 aliphatic carbocycles. The largest absolute Gasteiger partial charge is 0.241 e. The van der Waals surface area contributed by atoms with Crippen molar-refractivity contribution in [3.05, 3.63) is 30.3 Å². The van der Waals surface area contributed by atoms with Gasteiger partial charge in [-0.1, -0.05) is 18.2 Å². The molecular formula is C7H9N2O2S. The fourth-order valence-corrected chi connectivity index (χ4v) is 1.65. The van der Waals surface area contributed by atoms with Gasteiger partial charge in [0.1, 0.15) is 0 Å². The summed E-state index contributed by atoms with van der Waals surface area (Å²) in [6, 6.07) is 7.98. The Bertz CT molecular complexity index is 334. The topological polar surface area (TPSA) is 70.0 Å². The Kier molecular flexibility index (Phi) is 2.80. The second-order valence-electron chi connectivity index (χ2n) is 2.14. The molecule has 0 aliphatic heterocycles. The zero-order chi connectivity index (χ0) is 9.03. The van der Waals surface area contributed by atoms with Crippen molar-refractivity contribution in [1.82, 2.24) is 10.5 Å². The first-order valence-corrected chi connectivity index (χ1v) is 4.84. The third-order valence-electron chi connectivity index (χ3n) is 1.32. The maximum absolute atomic E-state index is 11.2. The third kappa shape index (κ3) is 2.04. The molecule has 1 aromatic carbocycles. The van der Waals surface area contributed by atoms with E-state index in [-0.39, 0.29) is 11.6 Å². The van der Waals surface area contributed by atoms with Gasteiger partial charge in [0.2, 0.25) is 10.0 Å². The van der Waals surface area contributed by atoms with Gasteiger partial charge in [-0.05, 0) is 12.1 Å². The number of rotatable bonds is 3. The van der Waals surface area contributed by atoms with E-state index in [2.05, 4.69) is 4.72 Å². The normalized spacial score (nSPS) is 11.4. The zero-order valence-electron chi connectivity index (χ0n) is 6.32. The van der Waals surface area contributed by atoms with Gasteiger partial charge in [0, 0.05) is 0 Å². The summed E-state index contributed by atoms with van der Waals surface area (Å²) < 4.78 is 24.5. The van der Waals surface area contributed by atoms with Gasteiger partial charge in [-0.25, -0.2) is 14.2 Å². The molecule has 1 radical (unpaired) electrons. The summed E-state index contributed by atoms with van der Waals surface area (Å²) in [5.41, 5.74) is 6.72. The first-order chi connectivity index (χ1) is 5.67. The number of nitrogens with one attached hydrogen (secondary N) is 2. The van der Waals surface area contributed by atoms with Crippen molar-refractivity contribution in [2.75, 3.05) is 6.67 Å². The highest BCUT2D eigenvalue weighted by molar-refractivity contribution is 7.89. The van der Waals surface area contributed by atoms with Gasteiger partial charge in [0.25, 0.3) is 0 Å². The van der Waals surface area contributed by atoms with Crippen molar-refractivity contribution in [3.8, 4) is 0 Å². The molecule has 1 rings (SSSR count). The number of hydrogen-bond donors (Lipinski definition) is 1. The molecule has 12 heavy (non-hydrogen) atoms. The van der Waals surface area contributed by atoms with Gasteiger partial charge in [-0.2, -0.15) is 4.72 Å². The van der Waals surface area contributed by atoms with Crippen molar-refractivity contribution in [2.24, 2.45) is 0 Å². The zero-order valence-corrected chi connectivity index (χ0v) is 7.14. The molecule has 0 heterocycles. The Hall–Kier alpha value is -0.910. The SMILES string of the molecule is [NH]CNS(=O)(=O)c1ccccc1. The standard InChI is InChI=1S/C7H9N2O2S/c8-6-9-12(10,11)7-4-2-1-3-5-7/h1-5,8-9H,6H2. The van der Waals surface area contributed by atoms with Gasteiger partial charge < -0.3 is 0 Å². The average Bonchev–Trinajstić information content (AvgIpc) is 2.06. The summed E-state index contributed by atoms with van der Waals surface area (Å²) in [6.45, 7) is -0.336. The number of benzene rings is 1. The van der Waals surface area contributed by atoms with E-state index in [0.717, 1.165) is 0 Å². The second kappa shape index (κ2) is 3.66. The van der Waals surface area contributed by atoms with E-state index in [1.165, 1.54) is 12.1 Å². The monoisotopic (exact) mass is 185 g/mol. The quantitative estimate of drug-likeness (QED) is 0.731. The Morgan fingerprint density at radius 2 is 1.83 bits per heavy atom. The van der Waals surface area contributed by atoms with E-state index in [9.17, 15) is 8.42 Å². The van der Waals surface area contributed by atoms with Gasteiger partial charge in [-0.3, -0.25) is 0 Å². The van der Waals surface area contributed by atoms with E-state index in [1.807, 2.05) is 0 Å². The molecule has 0 fully saturated rings. The van der Waals surface area contributed by atoms with Crippen LogP contribution in [0.15, 0.2) is 35.2 Å². The fraction of sp³-hybridized carbons (Fsp3) is 0.143. The lowest BCUT2D eigenvalue weighted by Crippen LogP contribution is -2.25. The Labute approximate surface area is 71.4 Å². The minimum absolute atomic E-state index is 0.192. The maximum Gasteiger partial charge on any atom is 0.241 e. The highest BCUT2D eigenvalue weighted by atomic mass is 32.2. The molecular weight excluding hydrogens is 176 g/mol. The van der Waals surface area contributed by atoms with Crippen LogP contribution >= 0.6 is 0 Å². The van der Waals surface area contributed by atoms with Crippen molar-refractivity contribution in [1.29, 1.82) is 0 Å². The Balaban J connectivity index is 2.99. The van der Waals surface area contributed by atoms with Crippen LogP contribution in [0.2, 0.25) is 0 Å². The highest BCUT2D eigenvalue weighted by Crippen LogP contribution is 2.05. The van der Waals surface area contributed by atoms with Crippen molar-refractivity contribution < 1.29 is 8.42 Å². The van der Waals surface area contributed by atoms with Crippen LogP contribution in [0.4, 0.5) is 0 Å². The first kappa shape index (κ1) is 9.18. The van der Waals surface area contributed by atoms with Crippen LogP contribution in [-0.4, -0.2) is 15.1 Å². The summed E-state index contributed by atoms with van der Waals surface area (Å²) in [5.74, 6) is 0. The lowest BCUT2D eigenvalue weighted by Gasteiger charge is -2.02. The van der Waals surface area contributed by atoms with Crippen LogP contribution in [0.1, 0.15) is 0 Å². The van der Waals surface area contributed by atoms with E-state index < -0.39 is 10.0 Å². The Morgan fingerprint density at radius 3 is 2.33 bits per heavy atom. The van der Waals surface area contributed by atoms with Gasteiger partial charge in [0.05, 0.1) is 11.6 Å². The van der Waals surface area contributed by atoms with E-state index in [4.69, 9.17) is 5.73 Å². The summed E-state index contributed by atoms with van der Waals surface area (Å²) in [4.78, 5) is 0.192. The molecule has 4 nitrogen and oxygen atoms in total. The van der Waals surface area contributed by atoms with Crippen LogP contribution in [0.5, 0.6) is 0 Å². The second-order valence-corrected chi connectivity index (χ2v) is 3.90. The molecule has 0 bridgehead atoms. The predicted molar refractivity (Wildman–Crippen MR) is 44.7 cm³/mol. The highest BCUT2D eigenvalue weighted by Gasteiger charge is 2.10. The smallest absolute Gasteiger partial charge is 0.241 e. The minimum atomic E-state index is -3.45. The molecule has 0 aliphatic rings. The fourth-order valence-electron chi connectivity index (χ4n) is 0.778. The number of sulfonamides is 1. The maximum atomic E-state index is 11.2. The molecule has 0 unspecified atom stereocenters. The van der Waals surface area contributed by atoms with Crippen LogP contribution < -0.4 is 10.5 Å². The lowest BCUT2D eigenvalue weighted by atomic mass is 10.4. The van der Waals surface area contributed by atoms with Crippen LogP contribution in [0.3, 0.4) is 0 Å². The number of hydrogen-bond acceptors (Lipinski definition) is 2. The molecule has 0 atom stereocenters. The molecule has 0 amide bonds. The van der Waals surface area contributed by atoms with Crippen LogP contribution in [0, 0.1) is 0 Å². The van der Waals surface area contributed by atoms with Crippen molar-refractivity contribution >= 4 is 10.0 Å². The van der Waals surface area contributed by atoms with E-state index in [0.29, 0.717) is 0 Å². The van der Waals surface area contributed by atoms with E-state index in [1.54, 1.807) is 18.2 Å². The summed E-state index contributed by atoms with van der Waals surface area (Å²) in [5, 5.41) is 0. The average molecular weight is 185 g/mol. The van der Waals surface area contributed by atoms with Gasteiger partial charge in [0.15, 0.2) is 0 Å². The summed E-state index contributed by atoms with van der Waals surface area (Å²) in [7, 11) is -3.45. The first-order valence-electron chi connectivity index (χ1n) is 3.36. The van der Waals surface area contributed by atoms with Gasteiger partial charge in [-0.15, -0.1) is 0 Å². The molecule has 1 aromatic rings. The Morgan fingerprint density at radius 1 is 1.25 bits per heavy atom. The third-order valence-corrected chi connectivity index (χ3v) is 2.73.